The Kier molecular flexibility index (Phi) is 15.7. The van der Waals surface area contributed by atoms with E-state index in [2.05, 4.69) is 32.0 Å². The Morgan fingerprint density at radius 2 is 1.45 bits per heavy atom. The number of pyridine rings is 2. The van der Waals surface area contributed by atoms with Crippen LogP contribution in [0.1, 0.15) is 75.1 Å². The summed E-state index contributed by atoms with van der Waals surface area (Å²) in [4.78, 5) is 43.3. The van der Waals surface area contributed by atoms with Gasteiger partial charge in [0.1, 0.15) is 36.5 Å². The van der Waals surface area contributed by atoms with Gasteiger partial charge in [-0.3, -0.25) is 24.4 Å². The van der Waals surface area contributed by atoms with Crippen molar-refractivity contribution >= 4 is 35.1 Å². The maximum absolute atomic E-state index is 13.2. The first-order valence-corrected chi connectivity index (χ1v) is 19.1. The molecular formula is C44H45ClN6O7. The van der Waals surface area contributed by atoms with Crippen LogP contribution in [0.15, 0.2) is 85.3 Å². The van der Waals surface area contributed by atoms with Crippen molar-refractivity contribution in [3.8, 4) is 28.7 Å². The first-order valence-electron chi connectivity index (χ1n) is 18.7. The van der Waals surface area contributed by atoms with Crippen LogP contribution < -0.4 is 25.4 Å². The van der Waals surface area contributed by atoms with Gasteiger partial charge in [0.25, 0.3) is 5.91 Å². The summed E-state index contributed by atoms with van der Waals surface area (Å²) >= 11 is 6.75. The zero-order valence-electron chi connectivity index (χ0n) is 32.3. The molecule has 0 bridgehead atoms. The van der Waals surface area contributed by atoms with Gasteiger partial charge in [-0.2, -0.15) is 5.26 Å². The number of nitriles is 1. The molecule has 58 heavy (non-hydrogen) atoms. The number of aliphatic carboxylic acids is 2. The summed E-state index contributed by atoms with van der Waals surface area (Å²) in [5.74, 6) is -1.09. The number of benzene rings is 3. The smallest absolute Gasteiger partial charge is 0.303 e. The number of amides is 1. The van der Waals surface area contributed by atoms with Crippen molar-refractivity contribution in [2.24, 2.45) is 0 Å². The molecule has 0 atom stereocenters. The van der Waals surface area contributed by atoms with Gasteiger partial charge in [0.15, 0.2) is 0 Å². The maximum Gasteiger partial charge on any atom is 0.303 e. The lowest BCUT2D eigenvalue weighted by molar-refractivity contribution is -0.138. The van der Waals surface area contributed by atoms with Gasteiger partial charge in [-0.25, -0.2) is 0 Å². The first-order chi connectivity index (χ1) is 28.0. The Bertz CT molecular complexity index is 2280. The van der Waals surface area contributed by atoms with Gasteiger partial charge in [-0.1, -0.05) is 48.0 Å². The molecule has 0 fully saturated rings. The molecule has 5 N–H and O–H groups in total. The van der Waals surface area contributed by atoms with Crippen LogP contribution in [-0.4, -0.2) is 51.1 Å². The molecule has 0 spiro atoms. The highest BCUT2D eigenvalue weighted by Crippen LogP contribution is 2.36. The summed E-state index contributed by atoms with van der Waals surface area (Å²) in [5.41, 5.74) is 8.40. The normalized spacial score (nSPS) is 10.8. The molecule has 13 nitrogen and oxygen atoms in total. The first kappa shape index (κ1) is 42.8. The molecule has 0 radical (unpaired) electrons. The lowest BCUT2D eigenvalue weighted by atomic mass is 9.93. The van der Waals surface area contributed by atoms with E-state index < -0.39 is 11.9 Å². The third kappa shape index (κ3) is 12.3. The van der Waals surface area contributed by atoms with E-state index in [-0.39, 0.29) is 37.7 Å². The Morgan fingerprint density at radius 1 is 0.759 bits per heavy atom. The number of rotatable bonds is 21. The zero-order valence-corrected chi connectivity index (χ0v) is 33.1. The summed E-state index contributed by atoms with van der Waals surface area (Å²) in [7, 11) is 0. The minimum Gasteiger partial charge on any atom is -0.488 e. The van der Waals surface area contributed by atoms with Gasteiger partial charge in [-0.05, 0) is 97.4 Å². The zero-order chi connectivity index (χ0) is 41.4. The van der Waals surface area contributed by atoms with Crippen LogP contribution in [0.2, 0.25) is 5.02 Å². The van der Waals surface area contributed by atoms with Crippen molar-refractivity contribution in [3.05, 3.63) is 135 Å². The fourth-order valence-corrected chi connectivity index (χ4v) is 6.37. The second kappa shape index (κ2) is 21.3. The Labute approximate surface area is 342 Å². The summed E-state index contributed by atoms with van der Waals surface area (Å²) in [6.07, 6.45) is 5.90. The van der Waals surface area contributed by atoms with Crippen LogP contribution >= 0.6 is 11.6 Å². The number of nitrogens with zero attached hydrogens (tertiary/aromatic N) is 3. The van der Waals surface area contributed by atoms with Crippen molar-refractivity contribution in [1.29, 1.82) is 5.26 Å². The van der Waals surface area contributed by atoms with E-state index in [1.807, 2.05) is 56.3 Å². The average molecular weight is 805 g/mol. The number of carboxylic acid groups (broad SMARTS) is 2. The van der Waals surface area contributed by atoms with Crippen molar-refractivity contribution in [2.45, 2.75) is 65.8 Å². The lowest BCUT2D eigenvalue weighted by Gasteiger charge is -2.18. The van der Waals surface area contributed by atoms with Gasteiger partial charge < -0.3 is 35.6 Å². The van der Waals surface area contributed by atoms with Crippen LogP contribution in [0, 0.1) is 25.2 Å². The van der Waals surface area contributed by atoms with E-state index in [0.717, 1.165) is 38.9 Å². The minimum absolute atomic E-state index is 0.0574. The number of carbonyl (C=O) groups is 3. The summed E-state index contributed by atoms with van der Waals surface area (Å²) in [5, 5.41) is 36.9. The summed E-state index contributed by atoms with van der Waals surface area (Å²) < 4.78 is 12.5. The van der Waals surface area contributed by atoms with E-state index in [1.165, 1.54) is 6.20 Å². The fraction of sp³-hybridized carbons (Fsp3) is 0.273. The largest absolute Gasteiger partial charge is 0.488 e. The van der Waals surface area contributed by atoms with Gasteiger partial charge in [0.05, 0.1) is 10.6 Å². The standard InChI is InChI=1S/C44H45ClN6O7/c1-28-33(27-58-41-19-40(57-26-32-17-31(20-46)22-49-23-32)34(18-37(41)45)25-48-16-6-12-43(54)55)7-3-8-35(28)36-9-4-10-38(29(36)2)51-44(56)39-14-13-30(24-50-39)21-47-15-5-11-42(52)53/h3-4,7-10,13-14,17-19,22-24,47-48H,5-6,11-12,15-16,21,25-27H2,1-2H3,(H,51,56)(H,52,53)(H,54,55). The average Bonchev–Trinajstić information content (AvgIpc) is 3.21. The number of halogens is 1. The molecule has 14 heteroatoms. The van der Waals surface area contributed by atoms with Gasteiger partial charge in [-0.15, -0.1) is 0 Å². The monoisotopic (exact) mass is 804 g/mol. The Morgan fingerprint density at radius 3 is 2.14 bits per heavy atom. The molecule has 5 rings (SSSR count). The van der Waals surface area contributed by atoms with Gasteiger partial charge in [0, 0.05) is 67.4 Å². The van der Waals surface area contributed by atoms with Crippen LogP contribution in [0.5, 0.6) is 11.5 Å². The predicted octanol–water partition coefficient (Wildman–Crippen LogP) is 7.60. The molecule has 0 aliphatic heterocycles. The summed E-state index contributed by atoms with van der Waals surface area (Å²) in [6, 6.07) is 22.5. The molecule has 0 saturated heterocycles. The molecule has 3 aromatic carbocycles. The topological polar surface area (TPSA) is 196 Å². The quantitative estimate of drug-likeness (QED) is 0.0456. The maximum atomic E-state index is 13.2. The highest BCUT2D eigenvalue weighted by molar-refractivity contribution is 6.32. The SMILES string of the molecule is Cc1c(COc2cc(OCc3cncc(C#N)c3)c(CNCCCC(=O)O)cc2Cl)cccc1-c1cccc(NC(=O)c2ccc(CNCCCC(=O)O)cn2)c1C. The van der Waals surface area contributed by atoms with E-state index >= 15 is 0 Å². The number of nitrogens with one attached hydrogen (secondary N) is 3. The van der Waals surface area contributed by atoms with Gasteiger partial charge in [0.2, 0.25) is 0 Å². The predicted molar refractivity (Wildman–Crippen MR) is 220 cm³/mol. The van der Waals surface area contributed by atoms with Crippen LogP contribution in [0.3, 0.4) is 0 Å². The Balaban J connectivity index is 1.27. The number of anilines is 1. The van der Waals surface area contributed by atoms with Crippen molar-refractivity contribution in [3.63, 3.8) is 0 Å². The van der Waals surface area contributed by atoms with E-state index in [9.17, 15) is 19.6 Å². The molecule has 1 amide bonds. The van der Waals surface area contributed by atoms with E-state index in [1.54, 1.807) is 36.7 Å². The number of ether oxygens (including phenoxy) is 2. The molecule has 300 valence electrons. The molecular weight excluding hydrogens is 760 g/mol. The van der Waals surface area contributed by atoms with Crippen LogP contribution in [-0.2, 0) is 35.9 Å². The molecule has 2 heterocycles. The highest BCUT2D eigenvalue weighted by Gasteiger charge is 2.17. The number of hydrogen-bond acceptors (Lipinski definition) is 10. The third-order valence-electron chi connectivity index (χ3n) is 9.32. The second-order valence-corrected chi connectivity index (χ2v) is 14.0. The molecule has 0 unspecified atom stereocenters. The van der Waals surface area contributed by atoms with Crippen molar-refractivity contribution < 1.29 is 34.1 Å². The Hall–Kier alpha value is -6.33. The van der Waals surface area contributed by atoms with Crippen LogP contribution in [0.25, 0.3) is 11.1 Å². The fourth-order valence-electron chi connectivity index (χ4n) is 6.13. The van der Waals surface area contributed by atoms with Gasteiger partial charge >= 0.3 is 11.9 Å². The number of carboxylic acids is 2. The molecule has 0 aliphatic rings. The number of hydrogen-bond donors (Lipinski definition) is 5. The van der Waals surface area contributed by atoms with Crippen molar-refractivity contribution in [1.82, 2.24) is 20.6 Å². The second-order valence-electron chi connectivity index (χ2n) is 13.6. The molecule has 0 aliphatic carbocycles. The minimum atomic E-state index is -0.854. The van der Waals surface area contributed by atoms with E-state index in [4.69, 9.17) is 31.3 Å². The third-order valence-corrected chi connectivity index (χ3v) is 9.62. The molecule has 2 aromatic heterocycles. The van der Waals surface area contributed by atoms with Crippen molar-refractivity contribution in [2.75, 3.05) is 18.4 Å². The highest BCUT2D eigenvalue weighted by atomic mass is 35.5. The molecule has 5 aromatic rings. The number of carbonyl (C=O) groups excluding carboxylic acids is 1. The van der Waals surface area contributed by atoms with E-state index in [0.29, 0.717) is 72.4 Å². The number of aromatic nitrogens is 2. The molecule has 0 saturated carbocycles. The summed E-state index contributed by atoms with van der Waals surface area (Å²) in [6.45, 7) is 6.28. The van der Waals surface area contributed by atoms with Crippen LogP contribution in [0.4, 0.5) is 5.69 Å². The lowest BCUT2D eigenvalue weighted by Crippen LogP contribution is -2.17.